The van der Waals surface area contributed by atoms with Crippen LogP contribution >= 0.6 is 0 Å². The summed E-state index contributed by atoms with van der Waals surface area (Å²) in [6.45, 7) is 6.08. The molecule has 1 fully saturated rings. The van der Waals surface area contributed by atoms with Crippen LogP contribution in [0.3, 0.4) is 0 Å². The summed E-state index contributed by atoms with van der Waals surface area (Å²) in [5.41, 5.74) is 2.34. The predicted octanol–water partition coefficient (Wildman–Crippen LogP) is 2.00. The molecule has 2 aliphatic heterocycles. The third-order valence-corrected chi connectivity index (χ3v) is 5.61. The molecule has 0 radical (unpaired) electrons. The highest BCUT2D eigenvalue weighted by molar-refractivity contribution is 5.78. The van der Waals surface area contributed by atoms with E-state index in [9.17, 15) is 4.79 Å². The molecule has 29 heavy (non-hydrogen) atoms. The predicted molar refractivity (Wildman–Crippen MR) is 110 cm³/mol. The van der Waals surface area contributed by atoms with Crippen LogP contribution in [-0.2, 0) is 29.0 Å². The number of para-hydroxylation sites is 1. The van der Waals surface area contributed by atoms with Crippen molar-refractivity contribution in [3.8, 4) is 5.75 Å². The molecule has 2 aromatic rings. The molecule has 0 unspecified atom stereocenters. The number of fused-ring (bicyclic) bond motifs is 2. The van der Waals surface area contributed by atoms with E-state index in [1.165, 1.54) is 5.56 Å². The van der Waals surface area contributed by atoms with Gasteiger partial charge >= 0.3 is 0 Å². The van der Waals surface area contributed by atoms with Gasteiger partial charge in [0, 0.05) is 44.5 Å². The van der Waals surface area contributed by atoms with Crippen LogP contribution in [0.2, 0.25) is 0 Å². The first-order valence-electron chi connectivity index (χ1n) is 10.6. The van der Waals surface area contributed by atoms with Gasteiger partial charge in [-0.05, 0) is 37.8 Å². The number of aryl methyl sites for hydroxylation is 2. The Labute approximate surface area is 172 Å². The average molecular weight is 399 g/mol. The number of benzene rings is 1. The number of hydrogen-bond acceptors (Lipinski definition) is 5. The van der Waals surface area contributed by atoms with E-state index >= 15 is 0 Å². The largest absolute Gasteiger partial charge is 0.483 e. The lowest BCUT2D eigenvalue weighted by atomic mass is 10.1. The number of nitrogens with zero attached hydrogens (tertiary/aromatic N) is 3. The number of amides is 1. The van der Waals surface area contributed by atoms with Gasteiger partial charge in [0.1, 0.15) is 5.75 Å². The average Bonchev–Trinajstić information content (AvgIpc) is 3.33. The molecule has 1 N–H and O–H groups in total. The molecule has 4 rings (SSSR count). The second-order valence-electron chi connectivity index (χ2n) is 7.84. The lowest BCUT2D eigenvalue weighted by molar-refractivity contribution is -0.124. The van der Waals surface area contributed by atoms with Crippen molar-refractivity contribution in [1.82, 2.24) is 20.0 Å². The molecule has 0 aliphatic carbocycles. The lowest BCUT2D eigenvalue weighted by Gasteiger charge is -2.20. The SMILES string of the molecule is CCn1cc(CN2C[C@@H]3NC(=O)COc4ccccc4CCCCO[C@H]3C2)cn1. The number of aromatic nitrogens is 2. The summed E-state index contributed by atoms with van der Waals surface area (Å²) in [6.07, 6.45) is 6.97. The van der Waals surface area contributed by atoms with E-state index in [1.54, 1.807) is 0 Å². The van der Waals surface area contributed by atoms with E-state index in [2.05, 4.69) is 34.5 Å². The highest BCUT2D eigenvalue weighted by atomic mass is 16.5. The molecule has 7 heteroatoms. The fourth-order valence-corrected chi connectivity index (χ4v) is 4.10. The molecule has 0 saturated carbocycles. The van der Waals surface area contributed by atoms with Gasteiger partial charge < -0.3 is 14.8 Å². The number of nitrogens with one attached hydrogen (secondary N) is 1. The molecular formula is C22H30N4O3. The van der Waals surface area contributed by atoms with Crippen molar-refractivity contribution < 1.29 is 14.3 Å². The van der Waals surface area contributed by atoms with Crippen LogP contribution in [-0.4, -0.2) is 59.0 Å². The van der Waals surface area contributed by atoms with Crippen molar-refractivity contribution in [3.05, 3.63) is 47.8 Å². The zero-order chi connectivity index (χ0) is 20.1. The van der Waals surface area contributed by atoms with E-state index < -0.39 is 0 Å². The van der Waals surface area contributed by atoms with Crippen LogP contribution in [0.5, 0.6) is 5.75 Å². The molecule has 0 spiro atoms. The minimum absolute atomic E-state index is 0.00305. The van der Waals surface area contributed by atoms with E-state index in [0.29, 0.717) is 6.61 Å². The Kier molecular flexibility index (Phi) is 6.46. The first-order chi connectivity index (χ1) is 14.2. The van der Waals surface area contributed by atoms with Gasteiger partial charge in [0.05, 0.1) is 18.3 Å². The smallest absolute Gasteiger partial charge is 0.258 e. The Morgan fingerprint density at radius 3 is 3.00 bits per heavy atom. The number of rotatable bonds is 3. The highest BCUT2D eigenvalue weighted by Gasteiger charge is 2.34. The first-order valence-corrected chi connectivity index (χ1v) is 10.6. The summed E-state index contributed by atoms with van der Waals surface area (Å²) < 4.78 is 14.0. The van der Waals surface area contributed by atoms with Crippen molar-refractivity contribution >= 4 is 5.91 Å². The van der Waals surface area contributed by atoms with Gasteiger partial charge in [-0.2, -0.15) is 5.10 Å². The summed E-state index contributed by atoms with van der Waals surface area (Å²) in [7, 11) is 0. The van der Waals surface area contributed by atoms with E-state index in [4.69, 9.17) is 9.47 Å². The molecule has 1 aromatic carbocycles. The van der Waals surface area contributed by atoms with E-state index in [1.807, 2.05) is 29.1 Å². The van der Waals surface area contributed by atoms with Gasteiger partial charge in [0.2, 0.25) is 0 Å². The quantitative estimate of drug-likeness (QED) is 0.857. The van der Waals surface area contributed by atoms with Crippen molar-refractivity contribution in [3.63, 3.8) is 0 Å². The van der Waals surface area contributed by atoms with Crippen molar-refractivity contribution in [2.75, 3.05) is 26.3 Å². The number of likely N-dealkylation sites (tertiary alicyclic amines) is 1. The molecule has 7 nitrogen and oxygen atoms in total. The summed E-state index contributed by atoms with van der Waals surface area (Å²) >= 11 is 0. The Bertz CT molecular complexity index is 822. The lowest BCUT2D eigenvalue weighted by Crippen LogP contribution is -2.45. The molecule has 1 saturated heterocycles. The van der Waals surface area contributed by atoms with Gasteiger partial charge in [-0.3, -0.25) is 14.4 Å². The second-order valence-corrected chi connectivity index (χ2v) is 7.84. The molecule has 0 bridgehead atoms. The van der Waals surface area contributed by atoms with Gasteiger partial charge in [-0.1, -0.05) is 18.2 Å². The van der Waals surface area contributed by atoms with Crippen LogP contribution < -0.4 is 10.1 Å². The second kappa shape index (κ2) is 9.41. The van der Waals surface area contributed by atoms with Crippen molar-refractivity contribution in [2.45, 2.75) is 51.4 Å². The number of hydrogen-bond donors (Lipinski definition) is 1. The summed E-state index contributed by atoms with van der Waals surface area (Å²) in [5, 5.41) is 7.48. The molecule has 1 amide bonds. The fraction of sp³-hybridized carbons (Fsp3) is 0.545. The van der Waals surface area contributed by atoms with Crippen LogP contribution in [0, 0.1) is 0 Å². The standard InChI is InChI=1S/C22H30N4O3/c1-2-26-13-17(11-23-26)12-25-14-19-21(15-25)28-10-6-5-8-18-7-3-4-9-20(18)29-16-22(27)24-19/h3-4,7,9,11,13,19,21H,2,5-6,8,10,12,14-16H2,1H3,(H,24,27)/t19-,21-/m0/s1. The Balaban J connectivity index is 1.40. The molecule has 156 valence electrons. The molecule has 3 heterocycles. The van der Waals surface area contributed by atoms with E-state index in [0.717, 1.165) is 56.8 Å². The van der Waals surface area contributed by atoms with Gasteiger partial charge in [0.15, 0.2) is 6.61 Å². The Hall–Kier alpha value is -2.38. The summed E-state index contributed by atoms with van der Waals surface area (Å²) in [4.78, 5) is 14.8. The molecular weight excluding hydrogens is 368 g/mol. The number of ether oxygens (including phenoxy) is 2. The maximum atomic E-state index is 12.5. The van der Waals surface area contributed by atoms with Crippen LogP contribution in [0.15, 0.2) is 36.7 Å². The minimum atomic E-state index is -0.0988. The Morgan fingerprint density at radius 1 is 1.24 bits per heavy atom. The summed E-state index contributed by atoms with van der Waals surface area (Å²) in [6, 6.07) is 7.95. The zero-order valence-electron chi connectivity index (χ0n) is 17.0. The zero-order valence-corrected chi connectivity index (χ0v) is 17.0. The number of carbonyl (C=O) groups excluding carboxylic acids is 1. The fourth-order valence-electron chi connectivity index (χ4n) is 4.10. The van der Waals surface area contributed by atoms with E-state index in [-0.39, 0.29) is 24.7 Å². The number of carbonyl (C=O) groups is 1. The summed E-state index contributed by atoms with van der Waals surface area (Å²) in [5.74, 6) is 0.707. The molecule has 1 aromatic heterocycles. The topological polar surface area (TPSA) is 68.6 Å². The highest BCUT2D eigenvalue weighted by Crippen LogP contribution is 2.22. The minimum Gasteiger partial charge on any atom is -0.483 e. The van der Waals surface area contributed by atoms with Crippen LogP contribution in [0.4, 0.5) is 0 Å². The maximum absolute atomic E-state index is 12.5. The van der Waals surface area contributed by atoms with Crippen LogP contribution in [0.25, 0.3) is 0 Å². The monoisotopic (exact) mass is 398 g/mol. The molecule has 2 aliphatic rings. The van der Waals surface area contributed by atoms with Crippen LogP contribution in [0.1, 0.15) is 30.9 Å². The van der Waals surface area contributed by atoms with Gasteiger partial charge in [-0.15, -0.1) is 0 Å². The normalized spacial score (nSPS) is 23.7. The first kappa shape index (κ1) is 19.9. The van der Waals surface area contributed by atoms with Gasteiger partial charge in [-0.25, -0.2) is 0 Å². The van der Waals surface area contributed by atoms with Crippen molar-refractivity contribution in [1.29, 1.82) is 0 Å². The molecule has 2 atom stereocenters. The van der Waals surface area contributed by atoms with Crippen molar-refractivity contribution in [2.24, 2.45) is 0 Å². The third kappa shape index (κ3) is 5.16. The maximum Gasteiger partial charge on any atom is 0.258 e. The van der Waals surface area contributed by atoms with Gasteiger partial charge in [0.25, 0.3) is 5.91 Å². The third-order valence-electron chi connectivity index (χ3n) is 5.61. The Morgan fingerprint density at radius 2 is 2.14 bits per heavy atom.